The van der Waals surface area contributed by atoms with Crippen LogP contribution in [0.3, 0.4) is 0 Å². The number of ether oxygens (including phenoxy) is 3. The Morgan fingerprint density at radius 3 is 1.88 bits per heavy atom. The Balaban J connectivity index is 2.99. The van der Waals surface area contributed by atoms with Gasteiger partial charge in [0.25, 0.3) is 0 Å². The van der Waals surface area contributed by atoms with Crippen LogP contribution in [0.25, 0.3) is 0 Å². The Bertz CT molecular complexity index is 147. The number of hydrogen-bond acceptors (Lipinski definition) is 5. The quantitative estimate of drug-likeness (QED) is 0.423. The van der Waals surface area contributed by atoms with Gasteiger partial charge < -0.3 is 19.3 Å². The van der Waals surface area contributed by atoms with Crippen molar-refractivity contribution in [3.63, 3.8) is 0 Å². The van der Waals surface area contributed by atoms with Crippen molar-refractivity contribution in [1.29, 1.82) is 0 Å². The first-order valence-corrected chi connectivity index (χ1v) is 5.65. The molecule has 0 radical (unpaired) electrons. The van der Waals surface area contributed by atoms with E-state index in [4.69, 9.17) is 19.3 Å². The first-order chi connectivity index (χ1) is 7.56. The van der Waals surface area contributed by atoms with Crippen LogP contribution < -0.4 is 5.32 Å². The fourth-order valence-corrected chi connectivity index (χ4v) is 0.844. The molecule has 0 bridgehead atoms. The molecule has 2 N–H and O–H groups in total. The van der Waals surface area contributed by atoms with Crippen LogP contribution in [-0.2, 0) is 14.2 Å². The molecule has 0 amide bonds. The zero-order valence-corrected chi connectivity index (χ0v) is 10.6. The van der Waals surface area contributed by atoms with E-state index in [9.17, 15) is 0 Å². The second-order valence-electron chi connectivity index (χ2n) is 4.43. The maximum absolute atomic E-state index is 8.44. The molecule has 5 heteroatoms. The summed E-state index contributed by atoms with van der Waals surface area (Å²) in [7, 11) is 0. The van der Waals surface area contributed by atoms with E-state index in [1.165, 1.54) is 0 Å². The second kappa shape index (κ2) is 9.99. The number of aliphatic hydroxyl groups excluding tert-OH is 1. The summed E-state index contributed by atoms with van der Waals surface area (Å²) >= 11 is 0. The third-order valence-corrected chi connectivity index (χ3v) is 1.68. The molecule has 0 rings (SSSR count). The predicted octanol–water partition coefficient (Wildman–Crippen LogP) is 0.374. The molecule has 5 nitrogen and oxygen atoms in total. The van der Waals surface area contributed by atoms with Crippen LogP contribution in [0.5, 0.6) is 0 Å². The molecule has 16 heavy (non-hydrogen) atoms. The smallest absolute Gasteiger partial charge is 0.0970 e. The van der Waals surface area contributed by atoms with Crippen molar-refractivity contribution < 1.29 is 19.3 Å². The maximum Gasteiger partial charge on any atom is 0.0970 e. The van der Waals surface area contributed by atoms with Crippen molar-refractivity contribution in [1.82, 2.24) is 5.32 Å². The van der Waals surface area contributed by atoms with Gasteiger partial charge in [-0.2, -0.15) is 0 Å². The summed E-state index contributed by atoms with van der Waals surface area (Å²) in [4.78, 5) is 0. The summed E-state index contributed by atoms with van der Waals surface area (Å²) in [5, 5.41) is 11.6. The third-order valence-electron chi connectivity index (χ3n) is 1.68. The molecule has 0 aliphatic rings. The molecule has 0 spiro atoms. The minimum Gasteiger partial charge on any atom is -0.394 e. The highest BCUT2D eigenvalue weighted by Crippen LogP contribution is 1.96. The van der Waals surface area contributed by atoms with Crippen molar-refractivity contribution >= 4 is 0 Å². The number of hydrogen-bond donors (Lipinski definition) is 2. The van der Waals surface area contributed by atoms with Crippen LogP contribution in [-0.4, -0.2) is 57.0 Å². The van der Waals surface area contributed by atoms with Gasteiger partial charge in [0.05, 0.1) is 46.4 Å². The number of aliphatic hydroxyl groups is 1. The van der Waals surface area contributed by atoms with Crippen molar-refractivity contribution in [2.24, 2.45) is 0 Å². The fraction of sp³-hybridized carbons (Fsp3) is 1.00. The third kappa shape index (κ3) is 13.8. The van der Waals surface area contributed by atoms with Gasteiger partial charge in [0.15, 0.2) is 0 Å². The van der Waals surface area contributed by atoms with E-state index in [2.05, 4.69) is 26.1 Å². The first kappa shape index (κ1) is 15.8. The lowest BCUT2D eigenvalue weighted by molar-refractivity contribution is 0.00204. The molecule has 0 aromatic heterocycles. The minimum absolute atomic E-state index is 0.0571. The Morgan fingerprint density at radius 1 is 0.875 bits per heavy atom. The Hall–Kier alpha value is -0.200. The summed E-state index contributed by atoms with van der Waals surface area (Å²) in [6.07, 6.45) is 0. The van der Waals surface area contributed by atoms with E-state index in [1.54, 1.807) is 0 Å². The minimum atomic E-state index is 0.0571. The van der Waals surface area contributed by atoms with Gasteiger partial charge in [-0.25, -0.2) is 0 Å². The average molecular weight is 235 g/mol. The van der Waals surface area contributed by atoms with Gasteiger partial charge in [-0.3, -0.25) is 5.32 Å². The van der Waals surface area contributed by atoms with Crippen LogP contribution in [0.15, 0.2) is 0 Å². The van der Waals surface area contributed by atoms with Crippen LogP contribution in [0.1, 0.15) is 20.8 Å². The van der Waals surface area contributed by atoms with E-state index < -0.39 is 0 Å². The van der Waals surface area contributed by atoms with Crippen molar-refractivity contribution in [3.05, 3.63) is 0 Å². The van der Waals surface area contributed by atoms with Gasteiger partial charge in [-0.05, 0) is 20.8 Å². The molecule has 0 aromatic rings. The summed E-state index contributed by atoms with van der Waals surface area (Å²) < 4.78 is 15.6. The van der Waals surface area contributed by atoms with E-state index in [0.29, 0.717) is 39.8 Å². The summed E-state index contributed by atoms with van der Waals surface area (Å²) in [6.45, 7) is 9.42. The highest BCUT2D eigenvalue weighted by molar-refractivity contribution is 4.67. The molecule has 98 valence electrons. The van der Waals surface area contributed by atoms with Crippen LogP contribution in [0.2, 0.25) is 0 Å². The maximum atomic E-state index is 8.44. The molecule has 0 heterocycles. The Kier molecular flexibility index (Phi) is 9.86. The first-order valence-electron chi connectivity index (χ1n) is 5.65. The van der Waals surface area contributed by atoms with Crippen LogP contribution >= 0.6 is 0 Å². The SMILES string of the molecule is CC(C)(C)NCOCCOCCOCCO. The molecule has 0 aromatic carbocycles. The molecule has 0 unspecified atom stereocenters. The van der Waals surface area contributed by atoms with Gasteiger partial charge in [-0.15, -0.1) is 0 Å². The fourth-order valence-electron chi connectivity index (χ4n) is 0.844. The van der Waals surface area contributed by atoms with E-state index in [1.807, 2.05) is 0 Å². The van der Waals surface area contributed by atoms with Gasteiger partial charge in [0, 0.05) is 5.54 Å². The van der Waals surface area contributed by atoms with Crippen LogP contribution in [0, 0.1) is 0 Å². The molecule has 0 fully saturated rings. The molecule has 0 atom stereocenters. The summed E-state index contributed by atoms with van der Waals surface area (Å²) in [6, 6.07) is 0. The van der Waals surface area contributed by atoms with E-state index in [0.717, 1.165) is 0 Å². The normalized spacial score (nSPS) is 12.0. The monoisotopic (exact) mass is 235 g/mol. The standard InChI is InChI=1S/C11H25NO4/c1-11(2,3)12-10-16-9-8-15-7-6-14-5-4-13/h12-13H,4-10H2,1-3H3. The molecular weight excluding hydrogens is 210 g/mol. The van der Waals surface area contributed by atoms with Gasteiger partial charge in [-0.1, -0.05) is 0 Å². The lowest BCUT2D eigenvalue weighted by Crippen LogP contribution is -2.37. The van der Waals surface area contributed by atoms with E-state index >= 15 is 0 Å². The van der Waals surface area contributed by atoms with Gasteiger partial charge in [0.1, 0.15) is 0 Å². The Morgan fingerprint density at radius 2 is 1.38 bits per heavy atom. The molecule has 0 aliphatic heterocycles. The summed E-state index contributed by atoms with van der Waals surface area (Å²) in [5.74, 6) is 0. The zero-order valence-electron chi connectivity index (χ0n) is 10.6. The van der Waals surface area contributed by atoms with Gasteiger partial charge >= 0.3 is 0 Å². The average Bonchev–Trinajstić information content (AvgIpc) is 2.19. The largest absolute Gasteiger partial charge is 0.394 e. The number of nitrogens with one attached hydrogen (secondary N) is 1. The highest BCUT2D eigenvalue weighted by atomic mass is 16.5. The lowest BCUT2D eigenvalue weighted by atomic mass is 10.1. The topological polar surface area (TPSA) is 60.0 Å². The second-order valence-corrected chi connectivity index (χ2v) is 4.43. The van der Waals surface area contributed by atoms with Crippen molar-refractivity contribution in [2.75, 3.05) is 46.4 Å². The van der Waals surface area contributed by atoms with Crippen LogP contribution in [0.4, 0.5) is 0 Å². The predicted molar refractivity (Wildman–Crippen MR) is 62.4 cm³/mol. The van der Waals surface area contributed by atoms with Crippen molar-refractivity contribution in [3.8, 4) is 0 Å². The highest BCUT2D eigenvalue weighted by Gasteiger charge is 2.06. The molecule has 0 saturated heterocycles. The number of rotatable bonds is 10. The lowest BCUT2D eigenvalue weighted by Gasteiger charge is -2.20. The molecule has 0 aliphatic carbocycles. The van der Waals surface area contributed by atoms with Gasteiger partial charge in [0.2, 0.25) is 0 Å². The van der Waals surface area contributed by atoms with Crippen molar-refractivity contribution in [2.45, 2.75) is 26.3 Å². The molecule has 0 saturated carbocycles. The molecular formula is C11H25NO4. The Labute approximate surface area is 98.1 Å². The zero-order chi connectivity index (χ0) is 12.3. The van der Waals surface area contributed by atoms with E-state index in [-0.39, 0.29) is 12.1 Å². The summed E-state index contributed by atoms with van der Waals surface area (Å²) in [5.41, 5.74) is 0.0823.